The molecule has 3 rings (SSSR count). The van der Waals surface area contributed by atoms with Crippen LogP contribution in [0.3, 0.4) is 0 Å². The second-order valence-corrected chi connectivity index (χ2v) is 6.64. The first kappa shape index (κ1) is 19.0. The van der Waals surface area contributed by atoms with E-state index in [2.05, 4.69) is 17.0 Å². The van der Waals surface area contributed by atoms with Crippen LogP contribution in [0, 0.1) is 0 Å². The van der Waals surface area contributed by atoms with Gasteiger partial charge in [-0.25, -0.2) is 4.79 Å². The van der Waals surface area contributed by atoms with Crippen LogP contribution < -0.4 is 4.90 Å². The van der Waals surface area contributed by atoms with Crippen LogP contribution in [-0.4, -0.2) is 49.6 Å². The number of amides is 1. The topological polar surface area (TPSA) is 49.9 Å². The minimum Gasteiger partial charge on any atom is -0.452 e. The van der Waals surface area contributed by atoms with E-state index in [0.717, 1.165) is 24.3 Å². The molecule has 1 aliphatic rings. The number of rotatable bonds is 5. The zero-order chi connectivity index (χ0) is 19.1. The number of carbonyl (C=O) groups excluding carboxylic acids is 2. The second-order valence-electron chi connectivity index (χ2n) is 6.20. The molecule has 0 atom stereocenters. The Morgan fingerprint density at radius 2 is 1.74 bits per heavy atom. The zero-order valence-corrected chi connectivity index (χ0v) is 15.6. The molecule has 0 aliphatic carbocycles. The van der Waals surface area contributed by atoms with E-state index in [1.165, 1.54) is 6.08 Å². The largest absolute Gasteiger partial charge is 0.452 e. The van der Waals surface area contributed by atoms with Crippen molar-refractivity contribution in [3.05, 3.63) is 71.3 Å². The van der Waals surface area contributed by atoms with E-state index in [0.29, 0.717) is 18.1 Å². The molecule has 140 valence electrons. The van der Waals surface area contributed by atoms with Crippen LogP contribution in [0.15, 0.2) is 60.7 Å². The molecule has 1 fully saturated rings. The first-order chi connectivity index (χ1) is 13.1. The van der Waals surface area contributed by atoms with Crippen molar-refractivity contribution in [2.45, 2.75) is 0 Å². The van der Waals surface area contributed by atoms with E-state index in [9.17, 15) is 9.59 Å². The van der Waals surface area contributed by atoms with Gasteiger partial charge in [0.25, 0.3) is 5.91 Å². The van der Waals surface area contributed by atoms with Crippen LogP contribution >= 0.6 is 11.6 Å². The van der Waals surface area contributed by atoms with Crippen molar-refractivity contribution in [1.82, 2.24) is 4.90 Å². The lowest BCUT2D eigenvalue weighted by molar-refractivity contribution is -0.148. The summed E-state index contributed by atoms with van der Waals surface area (Å²) in [5.74, 6) is -0.724. The van der Waals surface area contributed by atoms with Gasteiger partial charge in [0, 0.05) is 43.0 Å². The normalized spacial score (nSPS) is 14.4. The third-order valence-electron chi connectivity index (χ3n) is 4.35. The minimum atomic E-state index is -0.550. The number of hydrogen-bond donors (Lipinski definition) is 0. The molecular weight excluding hydrogens is 364 g/mol. The molecule has 2 aromatic rings. The van der Waals surface area contributed by atoms with Crippen LogP contribution in [0.1, 0.15) is 5.56 Å². The summed E-state index contributed by atoms with van der Waals surface area (Å²) in [5, 5.41) is 0.593. The van der Waals surface area contributed by atoms with Crippen molar-refractivity contribution in [2.24, 2.45) is 0 Å². The van der Waals surface area contributed by atoms with Gasteiger partial charge in [0.1, 0.15) is 0 Å². The number of benzene rings is 2. The minimum absolute atomic E-state index is 0.174. The molecule has 0 spiro atoms. The van der Waals surface area contributed by atoms with Crippen molar-refractivity contribution < 1.29 is 14.3 Å². The van der Waals surface area contributed by atoms with Crippen LogP contribution in [0.4, 0.5) is 5.69 Å². The number of anilines is 1. The van der Waals surface area contributed by atoms with Gasteiger partial charge in [0.15, 0.2) is 6.61 Å². The number of para-hydroxylation sites is 1. The molecule has 1 aliphatic heterocycles. The van der Waals surface area contributed by atoms with Gasteiger partial charge in [-0.15, -0.1) is 0 Å². The second kappa shape index (κ2) is 9.24. The Hall–Kier alpha value is -2.79. The molecule has 0 unspecified atom stereocenters. The number of carbonyl (C=O) groups is 2. The maximum Gasteiger partial charge on any atom is 0.331 e. The van der Waals surface area contributed by atoms with E-state index in [1.54, 1.807) is 29.2 Å². The Labute approximate surface area is 163 Å². The monoisotopic (exact) mass is 384 g/mol. The lowest BCUT2D eigenvalue weighted by atomic mass is 10.2. The Bertz CT molecular complexity index is 815. The van der Waals surface area contributed by atoms with E-state index >= 15 is 0 Å². The zero-order valence-electron chi connectivity index (χ0n) is 14.9. The number of esters is 1. The molecule has 2 aromatic carbocycles. The molecule has 5 nitrogen and oxygen atoms in total. The third kappa shape index (κ3) is 5.59. The van der Waals surface area contributed by atoms with E-state index < -0.39 is 5.97 Å². The fraction of sp³-hybridized carbons (Fsp3) is 0.238. The average Bonchev–Trinajstić information content (AvgIpc) is 2.71. The summed E-state index contributed by atoms with van der Waals surface area (Å²) in [5.41, 5.74) is 1.95. The van der Waals surface area contributed by atoms with Crippen molar-refractivity contribution in [1.29, 1.82) is 0 Å². The van der Waals surface area contributed by atoms with Gasteiger partial charge in [-0.05, 0) is 35.9 Å². The molecule has 1 amide bonds. The summed E-state index contributed by atoms with van der Waals surface area (Å²) < 4.78 is 5.06. The van der Waals surface area contributed by atoms with E-state index in [4.69, 9.17) is 16.3 Å². The highest BCUT2D eigenvalue weighted by Crippen LogP contribution is 2.15. The highest BCUT2D eigenvalue weighted by molar-refractivity contribution is 6.30. The SMILES string of the molecule is O=C(/C=C/c1cccc(Cl)c1)OCC(=O)N1CCN(c2ccccc2)CC1. The fourth-order valence-electron chi connectivity index (χ4n) is 2.90. The third-order valence-corrected chi connectivity index (χ3v) is 4.59. The Balaban J connectivity index is 1.42. The molecule has 0 aromatic heterocycles. The van der Waals surface area contributed by atoms with Crippen molar-refractivity contribution in [2.75, 3.05) is 37.7 Å². The molecule has 0 bridgehead atoms. The van der Waals surface area contributed by atoms with Crippen LogP contribution in [0.2, 0.25) is 5.02 Å². The highest BCUT2D eigenvalue weighted by Gasteiger charge is 2.21. The van der Waals surface area contributed by atoms with Gasteiger partial charge in [-0.3, -0.25) is 4.79 Å². The number of nitrogens with zero attached hydrogens (tertiary/aromatic N) is 2. The average molecular weight is 385 g/mol. The predicted molar refractivity (Wildman–Crippen MR) is 107 cm³/mol. The summed E-state index contributed by atoms with van der Waals surface area (Å²) in [6, 6.07) is 17.2. The van der Waals surface area contributed by atoms with Gasteiger partial charge in [-0.2, -0.15) is 0 Å². The van der Waals surface area contributed by atoms with Crippen molar-refractivity contribution >= 4 is 35.2 Å². The Morgan fingerprint density at radius 1 is 1.00 bits per heavy atom. The molecule has 1 saturated heterocycles. The number of halogens is 1. The van der Waals surface area contributed by atoms with Gasteiger partial charge >= 0.3 is 5.97 Å². The van der Waals surface area contributed by atoms with Gasteiger partial charge < -0.3 is 14.5 Å². The number of hydrogen-bond acceptors (Lipinski definition) is 4. The van der Waals surface area contributed by atoms with E-state index in [-0.39, 0.29) is 12.5 Å². The quantitative estimate of drug-likeness (QED) is 0.586. The van der Waals surface area contributed by atoms with Gasteiger partial charge in [0.05, 0.1) is 0 Å². The van der Waals surface area contributed by atoms with E-state index in [1.807, 2.05) is 24.3 Å². The summed E-state index contributed by atoms with van der Waals surface area (Å²) in [6.07, 6.45) is 2.91. The molecule has 0 saturated carbocycles. The predicted octanol–water partition coefficient (Wildman–Crippen LogP) is 3.25. The lowest BCUT2D eigenvalue weighted by Crippen LogP contribution is -2.49. The summed E-state index contributed by atoms with van der Waals surface area (Å²) in [7, 11) is 0. The summed E-state index contributed by atoms with van der Waals surface area (Å²) in [6.45, 7) is 2.51. The highest BCUT2D eigenvalue weighted by atomic mass is 35.5. The first-order valence-corrected chi connectivity index (χ1v) is 9.18. The lowest BCUT2D eigenvalue weighted by Gasteiger charge is -2.36. The molecule has 0 radical (unpaired) electrons. The molecule has 6 heteroatoms. The van der Waals surface area contributed by atoms with Gasteiger partial charge in [-0.1, -0.05) is 41.9 Å². The van der Waals surface area contributed by atoms with Crippen LogP contribution in [0.25, 0.3) is 6.08 Å². The first-order valence-electron chi connectivity index (χ1n) is 8.80. The molecule has 1 heterocycles. The Kier molecular flexibility index (Phi) is 6.49. The maximum absolute atomic E-state index is 12.3. The summed E-state index contributed by atoms with van der Waals surface area (Å²) >= 11 is 5.89. The van der Waals surface area contributed by atoms with Crippen LogP contribution in [0.5, 0.6) is 0 Å². The van der Waals surface area contributed by atoms with Crippen molar-refractivity contribution in [3.8, 4) is 0 Å². The van der Waals surface area contributed by atoms with Gasteiger partial charge in [0.2, 0.25) is 0 Å². The molecular formula is C21H21ClN2O3. The van der Waals surface area contributed by atoms with Crippen molar-refractivity contribution in [3.63, 3.8) is 0 Å². The fourth-order valence-corrected chi connectivity index (χ4v) is 3.10. The summed E-state index contributed by atoms with van der Waals surface area (Å²) in [4.78, 5) is 28.0. The number of piperazine rings is 1. The smallest absolute Gasteiger partial charge is 0.331 e. The maximum atomic E-state index is 12.3. The molecule has 27 heavy (non-hydrogen) atoms. The standard InChI is InChI=1S/C21H21ClN2O3/c22-18-6-4-5-17(15-18)9-10-21(26)27-16-20(25)24-13-11-23(12-14-24)19-7-2-1-3-8-19/h1-10,15H,11-14,16H2/b10-9+. The van der Waals surface area contributed by atoms with Crippen LogP contribution in [-0.2, 0) is 14.3 Å². The number of ether oxygens (including phenoxy) is 1. The Morgan fingerprint density at radius 3 is 2.44 bits per heavy atom. The molecule has 0 N–H and O–H groups in total.